The average molecular weight is 657 g/mol. The van der Waals surface area contributed by atoms with Crippen LogP contribution in [0, 0.1) is 11.8 Å². The van der Waals surface area contributed by atoms with Gasteiger partial charge in [0.15, 0.2) is 0 Å². The zero-order chi connectivity index (χ0) is 32.2. The van der Waals surface area contributed by atoms with E-state index in [-0.39, 0.29) is 56.2 Å². The average Bonchev–Trinajstić information content (AvgIpc) is 3.58. The van der Waals surface area contributed by atoms with Crippen molar-refractivity contribution in [2.45, 2.75) is 82.2 Å². The predicted molar refractivity (Wildman–Crippen MR) is 163 cm³/mol. The fourth-order valence-corrected chi connectivity index (χ4v) is 8.28. The zero-order valence-corrected chi connectivity index (χ0v) is 26.2. The summed E-state index contributed by atoms with van der Waals surface area (Å²) >= 11 is 0. The molecule has 1 aromatic heterocycles. The molecular weight excluding hydrogens is 613 g/mol. The quantitative estimate of drug-likeness (QED) is 0.283. The molecule has 10 nitrogen and oxygen atoms in total. The summed E-state index contributed by atoms with van der Waals surface area (Å²) in [6, 6.07) is 7.73. The standard InChI is InChI=1S/C31H43F3N4O6S/c32-31(33,34)11-8-22-4-6-24(7-5-22)28-35-29(41)30(36-28)12-15-38(16-13-30)45(42,43)19-10-23-2-1-3-27-26(23)9-14-37(27)17-18-44-21-25(40)20-39/h1-3,9,14,22,24-25,39-40H,4-8,10-13,15-21H2,(H,35,36,41)/t22?,24?,25-/m0/s1. The van der Waals surface area contributed by atoms with Gasteiger partial charge in [-0.25, -0.2) is 12.7 Å². The van der Waals surface area contributed by atoms with E-state index in [2.05, 4.69) is 5.32 Å². The molecule has 2 aromatic rings. The molecule has 2 fully saturated rings. The Hall–Kier alpha value is -2.52. The van der Waals surface area contributed by atoms with Crippen LogP contribution < -0.4 is 5.32 Å². The number of aliphatic hydroxyl groups is 2. The summed E-state index contributed by atoms with van der Waals surface area (Å²) in [6.07, 6.45) is -0.105. The maximum Gasteiger partial charge on any atom is 0.389 e. The minimum Gasteiger partial charge on any atom is -0.394 e. The van der Waals surface area contributed by atoms with Crippen LogP contribution in [0.25, 0.3) is 10.9 Å². The summed E-state index contributed by atoms with van der Waals surface area (Å²) in [5.41, 5.74) is 0.882. The number of hydrogen-bond donors (Lipinski definition) is 3. The van der Waals surface area contributed by atoms with E-state index in [1.54, 1.807) is 0 Å². The van der Waals surface area contributed by atoms with Crippen molar-refractivity contribution in [2.75, 3.05) is 38.7 Å². The number of aliphatic hydroxyl groups excluding tert-OH is 2. The number of aromatic nitrogens is 1. The number of carbonyl (C=O) groups excluding carboxylic acids is 1. The van der Waals surface area contributed by atoms with E-state index in [1.807, 2.05) is 35.0 Å². The fourth-order valence-electron chi connectivity index (χ4n) is 6.80. The molecule has 2 aliphatic heterocycles. The summed E-state index contributed by atoms with van der Waals surface area (Å²) < 4.78 is 73.4. The van der Waals surface area contributed by atoms with Crippen LogP contribution >= 0.6 is 0 Å². The molecule has 1 aliphatic carbocycles. The van der Waals surface area contributed by atoms with Gasteiger partial charge in [-0.15, -0.1) is 0 Å². The molecule has 1 saturated heterocycles. The van der Waals surface area contributed by atoms with Crippen LogP contribution in [0.5, 0.6) is 0 Å². The molecule has 0 bridgehead atoms. The van der Waals surface area contributed by atoms with Crippen molar-refractivity contribution in [2.24, 2.45) is 16.8 Å². The molecule has 5 rings (SSSR count). The third kappa shape index (κ3) is 8.26. The van der Waals surface area contributed by atoms with E-state index in [1.165, 1.54) is 4.31 Å². The third-order valence-corrected chi connectivity index (χ3v) is 11.4. The van der Waals surface area contributed by atoms with Crippen LogP contribution in [0.3, 0.4) is 0 Å². The van der Waals surface area contributed by atoms with E-state index in [0.29, 0.717) is 63.9 Å². The lowest BCUT2D eigenvalue weighted by Gasteiger charge is -2.34. The number of nitrogens with one attached hydrogen (secondary N) is 1. The van der Waals surface area contributed by atoms with Gasteiger partial charge in [0.25, 0.3) is 5.91 Å². The molecule has 14 heteroatoms. The van der Waals surface area contributed by atoms with Crippen molar-refractivity contribution in [3.63, 3.8) is 0 Å². The number of amidine groups is 1. The highest BCUT2D eigenvalue weighted by molar-refractivity contribution is 7.89. The molecule has 1 saturated carbocycles. The molecule has 0 radical (unpaired) electrons. The third-order valence-electron chi connectivity index (χ3n) is 9.54. The van der Waals surface area contributed by atoms with Crippen LogP contribution in [-0.2, 0) is 32.5 Å². The van der Waals surface area contributed by atoms with Crippen LogP contribution in [0.2, 0.25) is 0 Å². The Morgan fingerprint density at radius 1 is 1.13 bits per heavy atom. The summed E-state index contributed by atoms with van der Waals surface area (Å²) in [4.78, 5) is 17.9. The van der Waals surface area contributed by atoms with Crippen molar-refractivity contribution in [1.29, 1.82) is 0 Å². The molecule has 1 atom stereocenters. The number of piperidine rings is 1. The monoisotopic (exact) mass is 656 g/mol. The first-order valence-corrected chi connectivity index (χ1v) is 17.4. The Balaban J connectivity index is 1.13. The first-order chi connectivity index (χ1) is 21.4. The zero-order valence-electron chi connectivity index (χ0n) is 25.3. The lowest BCUT2D eigenvalue weighted by molar-refractivity contribution is -0.138. The summed E-state index contributed by atoms with van der Waals surface area (Å²) in [6.45, 7) is 0.978. The van der Waals surface area contributed by atoms with E-state index in [9.17, 15) is 31.5 Å². The van der Waals surface area contributed by atoms with Gasteiger partial charge >= 0.3 is 6.18 Å². The number of aliphatic imine (C=N–C) groups is 1. The minimum absolute atomic E-state index is 0.0153. The predicted octanol–water partition coefficient (Wildman–Crippen LogP) is 3.40. The van der Waals surface area contributed by atoms with Crippen LogP contribution in [0.15, 0.2) is 35.5 Å². The number of rotatable bonds is 13. The number of carbonyl (C=O) groups is 1. The van der Waals surface area contributed by atoms with E-state index < -0.39 is 34.3 Å². The molecule has 45 heavy (non-hydrogen) atoms. The highest BCUT2D eigenvalue weighted by Gasteiger charge is 2.48. The number of sulfonamides is 1. The van der Waals surface area contributed by atoms with Crippen molar-refractivity contribution in [3.8, 4) is 0 Å². The first kappa shape index (κ1) is 33.8. The first-order valence-electron chi connectivity index (χ1n) is 15.8. The van der Waals surface area contributed by atoms with Gasteiger partial charge in [-0.3, -0.25) is 9.79 Å². The Morgan fingerprint density at radius 2 is 1.87 bits per heavy atom. The SMILES string of the molecule is O=C1NC(C2CCC(CCC(F)(F)F)CC2)=NC12CCN(S(=O)(=O)CCc1cccc3c1ccn3CCOC[C@@H](O)CO)CC2. The smallest absolute Gasteiger partial charge is 0.389 e. The molecular formula is C31H43F3N4O6S. The number of fused-ring (bicyclic) bond motifs is 1. The van der Waals surface area contributed by atoms with Crippen molar-refractivity contribution in [3.05, 3.63) is 36.0 Å². The number of aryl methyl sites for hydroxylation is 1. The number of alkyl halides is 3. The van der Waals surface area contributed by atoms with Crippen molar-refractivity contribution in [1.82, 2.24) is 14.2 Å². The van der Waals surface area contributed by atoms with E-state index in [0.717, 1.165) is 16.5 Å². The molecule has 3 aliphatic rings. The highest BCUT2D eigenvalue weighted by atomic mass is 32.2. The van der Waals surface area contributed by atoms with Gasteiger partial charge < -0.3 is 24.8 Å². The second kappa shape index (κ2) is 14.1. The maximum atomic E-state index is 13.4. The molecule has 0 unspecified atom stereocenters. The maximum absolute atomic E-state index is 13.4. The second-order valence-electron chi connectivity index (χ2n) is 12.6. The molecule has 3 N–H and O–H groups in total. The lowest BCUT2D eigenvalue weighted by Crippen LogP contribution is -2.51. The second-order valence-corrected chi connectivity index (χ2v) is 14.7. The Labute approximate surface area is 261 Å². The fraction of sp³-hybridized carbons (Fsp3) is 0.677. The van der Waals surface area contributed by atoms with E-state index in [4.69, 9.17) is 14.8 Å². The summed E-state index contributed by atoms with van der Waals surface area (Å²) in [7, 11) is -3.59. The van der Waals surface area contributed by atoms with Crippen LogP contribution in [0.1, 0.15) is 56.9 Å². The number of amides is 1. The summed E-state index contributed by atoms with van der Waals surface area (Å²) in [5, 5.41) is 22.2. The molecule has 1 spiro atoms. The molecule has 250 valence electrons. The molecule has 1 amide bonds. The van der Waals surface area contributed by atoms with Gasteiger partial charge in [0.2, 0.25) is 10.0 Å². The normalized spacial score (nSPS) is 23.4. The number of hydrogen-bond acceptors (Lipinski definition) is 7. The molecule has 3 heterocycles. The largest absolute Gasteiger partial charge is 0.394 e. The van der Waals surface area contributed by atoms with Crippen molar-refractivity contribution < 1.29 is 41.3 Å². The minimum atomic E-state index is -4.14. The number of halogens is 3. The summed E-state index contributed by atoms with van der Waals surface area (Å²) in [5.74, 6) is 0.388. The number of ether oxygens (including phenoxy) is 1. The highest BCUT2D eigenvalue weighted by Crippen LogP contribution is 2.38. The van der Waals surface area contributed by atoms with Gasteiger partial charge in [-0.2, -0.15) is 13.2 Å². The lowest BCUT2D eigenvalue weighted by atomic mass is 9.79. The van der Waals surface area contributed by atoms with Gasteiger partial charge in [0.05, 0.1) is 25.6 Å². The van der Waals surface area contributed by atoms with E-state index >= 15 is 0 Å². The van der Waals surface area contributed by atoms with Crippen LogP contribution in [-0.4, -0.2) is 95.7 Å². The van der Waals surface area contributed by atoms with Crippen LogP contribution in [0.4, 0.5) is 13.2 Å². The number of nitrogens with zero attached hydrogens (tertiary/aromatic N) is 3. The van der Waals surface area contributed by atoms with Gasteiger partial charge in [-0.05, 0) is 75.0 Å². The topological polar surface area (TPSA) is 133 Å². The van der Waals surface area contributed by atoms with Crippen molar-refractivity contribution >= 4 is 32.7 Å². The Bertz CT molecular complexity index is 1460. The van der Waals surface area contributed by atoms with Gasteiger partial charge in [-0.1, -0.05) is 12.1 Å². The number of benzene rings is 1. The van der Waals surface area contributed by atoms with Gasteiger partial charge in [0.1, 0.15) is 17.5 Å². The Kier molecular flexibility index (Phi) is 10.6. The Morgan fingerprint density at radius 3 is 2.56 bits per heavy atom. The molecule has 1 aromatic carbocycles. The van der Waals surface area contributed by atoms with Gasteiger partial charge in [0, 0.05) is 49.1 Å².